The van der Waals surface area contributed by atoms with Crippen molar-refractivity contribution in [3.05, 3.63) is 0 Å². The third kappa shape index (κ3) is 27.1. The summed E-state index contributed by atoms with van der Waals surface area (Å²) in [5.74, 6) is 0. The van der Waals surface area contributed by atoms with E-state index in [-0.39, 0.29) is 0 Å². The molecule has 10 heavy (non-hydrogen) atoms. The van der Waals surface area contributed by atoms with Crippen molar-refractivity contribution in [1.82, 2.24) is 5.06 Å². The molecule has 0 aliphatic rings. The molecule has 0 rings (SSSR count). The molecule has 0 aromatic heterocycles. The normalized spacial score (nSPS) is 8.40. The molecule has 0 aliphatic carbocycles. The maximum Gasteiger partial charge on any atom is 0.309 e. The van der Waals surface area contributed by atoms with E-state index in [4.69, 9.17) is 10.0 Å². The summed E-state index contributed by atoms with van der Waals surface area (Å²) < 4.78 is 0. The first-order valence-corrected chi connectivity index (χ1v) is 3.03. The second-order valence-electron chi connectivity index (χ2n) is 1.54. The number of hydrogen-bond donors (Lipinski definition) is 3. The van der Waals surface area contributed by atoms with Crippen LogP contribution in [0.4, 0.5) is 4.79 Å². The fourth-order valence-corrected chi connectivity index (χ4v) is 0.224. The third-order valence-electron chi connectivity index (χ3n) is 0.730. The van der Waals surface area contributed by atoms with Gasteiger partial charge in [-0.1, -0.05) is 13.8 Å². The largest absolute Gasteiger partial charge is 0.352 e. The van der Waals surface area contributed by atoms with Gasteiger partial charge in [-0.05, 0) is 0 Å². The van der Waals surface area contributed by atoms with E-state index in [0.717, 1.165) is 13.1 Å². The summed E-state index contributed by atoms with van der Waals surface area (Å²) in [6.45, 7) is 5.25. The van der Waals surface area contributed by atoms with Crippen LogP contribution in [-0.2, 0) is 0 Å². The van der Waals surface area contributed by atoms with Gasteiger partial charge in [-0.2, -0.15) is 5.06 Å². The van der Waals surface area contributed by atoms with Crippen molar-refractivity contribution in [2.75, 3.05) is 13.1 Å². The maximum atomic E-state index is 9.00. The van der Waals surface area contributed by atoms with Crippen LogP contribution >= 0.6 is 0 Å². The minimum absolute atomic E-state index is 0.719. The van der Waals surface area contributed by atoms with Crippen LogP contribution < -0.4 is 11.5 Å². The van der Waals surface area contributed by atoms with Crippen molar-refractivity contribution in [3.8, 4) is 0 Å². The zero-order chi connectivity index (χ0) is 8.57. The molecule has 0 aromatic carbocycles. The van der Waals surface area contributed by atoms with Crippen molar-refractivity contribution in [1.29, 1.82) is 0 Å². The van der Waals surface area contributed by atoms with Crippen LogP contribution in [0.1, 0.15) is 13.8 Å². The minimum Gasteiger partial charge on any atom is -0.352 e. The third-order valence-corrected chi connectivity index (χ3v) is 0.730. The Morgan fingerprint density at radius 1 is 1.40 bits per heavy atom. The van der Waals surface area contributed by atoms with Gasteiger partial charge in [0.2, 0.25) is 0 Å². The number of nitrogens with zero attached hydrogens (tertiary/aromatic N) is 1. The van der Waals surface area contributed by atoms with E-state index in [9.17, 15) is 0 Å². The van der Waals surface area contributed by atoms with Gasteiger partial charge in [-0.15, -0.1) is 0 Å². The summed E-state index contributed by atoms with van der Waals surface area (Å²) in [4.78, 5) is 9.00. The Bertz CT molecular complexity index is 79.0. The average Bonchev–Trinajstić information content (AvgIpc) is 1.85. The second-order valence-corrected chi connectivity index (χ2v) is 1.54. The van der Waals surface area contributed by atoms with Gasteiger partial charge in [0.15, 0.2) is 0 Å². The van der Waals surface area contributed by atoms with Crippen molar-refractivity contribution >= 4 is 6.03 Å². The van der Waals surface area contributed by atoms with Crippen LogP contribution in [0.3, 0.4) is 0 Å². The fourth-order valence-electron chi connectivity index (χ4n) is 0.224. The first-order valence-electron chi connectivity index (χ1n) is 3.03. The highest BCUT2D eigenvalue weighted by Crippen LogP contribution is 1.73. The SMILES string of the molecule is CCN(O)CC.NC(N)=O. The van der Waals surface area contributed by atoms with Gasteiger partial charge in [-0.25, -0.2) is 4.79 Å². The topological polar surface area (TPSA) is 92.6 Å². The van der Waals surface area contributed by atoms with Crippen LogP contribution in [0.2, 0.25) is 0 Å². The molecule has 0 aliphatic heterocycles. The first-order chi connectivity index (χ1) is 4.54. The van der Waals surface area contributed by atoms with Gasteiger partial charge in [0, 0.05) is 13.1 Å². The molecule has 0 saturated carbocycles. The van der Waals surface area contributed by atoms with Crippen LogP contribution in [0, 0.1) is 0 Å². The zero-order valence-corrected chi connectivity index (χ0v) is 6.37. The zero-order valence-electron chi connectivity index (χ0n) is 6.37. The van der Waals surface area contributed by atoms with Gasteiger partial charge >= 0.3 is 6.03 Å². The van der Waals surface area contributed by atoms with Gasteiger partial charge in [0.25, 0.3) is 0 Å². The first kappa shape index (κ1) is 11.9. The van der Waals surface area contributed by atoms with Crippen molar-refractivity contribution in [3.63, 3.8) is 0 Å². The fraction of sp³-hybridized carbons (Fsp3) is 0.800. The molecule has 0 spiro atoms. The van der Waals surface area contributed by atoms with Crippen molar-refractivity contribution in [2.45, 2.75) is 13.8 Å². The van der Waals surface area contributed by atoms with Gasteiger partial charge in [0.1, 0.15) is 0 Å². The van der Waals surface area contributed by atoms with E-state index in [1.807, 2.05) is 13.8 Å². The predicted molar refractivity (Wildman–Crippen MR) is 38.5 cm³/mol. The Labute approximate surface area is 60.6 Å². The number of primary amides is 2. The Morgan fingerprint density at radius 2 is 1.60 bits per heavy atom. The van der Waals surface area contributed by atoms with E-state index in [2.05, 4.69) is 11.5 Å². The highest BCUT2D eigenvalue weighted by Gasteiger charge is 1.84. The minimum atomic E-state index is -0.833. The van der Waals surface area contributed by atoms with Crippen molar-refractivity contribution in [2.24, 2.45) is 11.5 Å². The quantitative estimate of drug-likeness (QED) is 0.472. The number of amides is 2. The smallest absolute Gasteiger partial charge is 0.309 e. The van der Waals surface area contributed by atoms with Crippen LogP contribution in [-0.4, -0.2) is 29.4 Å². The van der Waals surface area contributed by atoms with Crippen LogP contribution in [0.15, 0.2) is 0 Å². The molecule has 2 amide bonds. The number of carbonyl (C=O) groups excluding carboxylic acids is 1. The van der Waals surface area contributed by atoms with Gasteiger partial charge < -0.3 is 16.7 Å². The Kier molecular flexibility index (Phi) is 9.77. The highest BCUT2D eigenvalue weighted by molar-refractivity contribution is 5.69. The summed E-state index contributed by atoms with van der Waals surface area (Å²) in [6.07, 6.45) is 0. The molecule has 5 N–H and O–H groups in total. The Balaban J connectivity index is 0. The van der Waals surface area contributed by atoms with Gasteiger partial charge in [0.05, 0.1) is 0 Å². The Hall–Kier alpha value is -0.810. The number of rotatable bonds is 2. The van der Waals surface area contributed by atoms with E-state index >= 15 is 0 Å². The van der Waals surface area contributed by atoms with E-state index < -0.39 is 6.03 Å². The molecule has 0 unspecified atom stereocenters. The highest BCUT2D eigenvalue weighted by atomic mass is 16.5. The molecular formula is C5H15N3O2. The number of hydrogen-bond acceptors (Lipinski definition) is 3. The number of carbonyl (C=O) groups is 1. The average molecular weight is 149 g/mol. The number of nitrogens with two attached hydrogens (primary N) is 2. The summed E-state index contributed by atoms with van der Waals surface area (Å²) in [5.41, 5.74) is 8.50. The van der Waals surface area contributed by atoms with Gasteiger partial charge in [-0.3, -0.25) is 0 Å². The molecule has 0 saturated heterocycles. The maximum absolute atomic E-state index is 9.00. The molecule has 0 radical (unpaired) electrons. The molecule has 62 valence electrons. The lowest BCUT2D eigenvalue weighted by Gasteiger charge is -2.05. The monoisotopic (exact) mass is 149 g/mol. The molecule has 0 atom stereocenters. The number of hydroxylamine groups is 2. The van der Waals surface area contributed by atoms with Crippen LogP contribution in [0.5, 0.6) is 0 Å². The molecule has 5 nitrogen and oxygen atoms in total. The molecule has 0 heterocycles. The molecule has 0 fully saturated rings. The molecular weight excluding hydrogens is 134 g/mol. The summed E-state index contributed by atoms with van der Waals surface area (Å²) >= 11 is 0. The summed E-state index contributed by atoms with van der Waals surface area (Å²) in [5, 5.41) is 9.75. The van der Waals surface area contributed by atoms with Crippen molar-refractivity contribution < 1.29 is 10.0 Å². The second kappa shape index (κ2) is 8.19. The summed E-state index contributed by atoms with van der Waals surface area (Å²) in [6, 6.07) is -0.833. The lowest BCUT2D eigenvalue weighted by molar-refractivity contribution is -0.0813. The van der Waals surface area contributed by atoms with Crippen LogP contribution in [0.25, 0.3) is 0 Å². The predicted octanol–water partition coefficient (Wildman–Crippen LogP) is -0.259. The Morgan fingerprint density at radius 3 is 1.60 bits per heavy atom. The molecule has 5 heteroatoms. The number of urea groups is 1. The summed E-state index contributed by atoms with van der Waals surface area (Å²) in [7, 11) is 0. The standard InChI is InChI=1S/C4H11NO.CH4N2O/c1-3-5(6)4-2;2-1(3)4/h6H,3-4H2,1-2H3;(H4,2,3,4). The lowest BCUT2D eigenvalue weighted by atomic mass is 10.6. The van der Waals surface area contributed by atoms with E-state index in [0.29, 0.717) is 0 Å². The van der Waals surface area contributed by atoms with E-state index in [1.165, 1.54) is 5.06 Å². The molecule has 0 bridgehead atoms. The van der Waals surface area contributed by atoms with E-state index in [1.54, 1.807) is 0 Å². The lowest BCUT2D eigenvalue weighted by Crippen LogP contribution is -2.18. The molecule has 0 aromatic rings.